The van der Waals surface area contributed by atoms with Gasteiger partial charge in [0.05, 0.1) is 26.0 Å². The van der Waals surface area contributed by atoms with Crippen molar-refractivity contribution in [2.75, 3.05) is 25.1 Å². The highest BCUT2D eigenvalue weighted by Crippen LogP contribution is 2.04. The molecule has 6 nitrogen and oxygen atoms in total. The number of amides is 2. The van der Waals surface area contributed by atoms with Gasteiger partial charge in [-0.2, -0.15) is 0 Å². The predicted octanol–water partition coefficient (Wildman–Crippen LogP) is 1.11. The third-order valence-corrected chi connectivity index (χ3v) is 2.29. The summed E-state index contributed by atoms with van der Waals surface area (Å²) in [6.07, 6.45) is 1.48. The van der Waals surface area contributed by atoms with Crippen LogP contribution in [-0.4, -0.2) is 37.1 Å². The molecule has 1 aromatic heterocycles. The van der Waals surface area contributed by atoms with Crippen LogP contribution in [0, 0.1) is 5.82 Å². The van der Waals surface area contributed by atoms with Gasteiger partial charge in [0.2, 0.25) is 0 Å². The molecular weight excluding hydrogens is 241 g/mol. The van der Waals surface area contributed by atoms with Gasteiger partial charge in [-0.1, -0.05) is 0 Å². The second kappa shape index (κ2) is 6.27. The number of anilines is 1. The zero-order valence-corrected chi connectivity index (χ0v) is 9.69. The van der Waals surface area contributed by atoms with Gasteiger partial charge in [0, 0.05) is 0 Å². The van der Waals surface area contributed by atoms with Gasteiger partial charge in [-0.3, -0.25) is 5.32 Å². The lowest BCUT2D eigenvalue weighted by Gasteiger charge is -2.23. The lowest BCUT2D eigenvalue weighted by atomic mass is 10.4. The fourth-order valence-corrected chi connectivity index (χ4v) is 1.44. The van der Waals surface area contributed by atoms with Crippen molar-refractivity contribution in [2.24, 2.45) is 0 Å². The molecule has 98 valence electrons. The van der Waals surface area contributed by atoms with Gasteiger partial charge in [-0.25, -0.2) is 14.2 Å². The Kier molecular flexibility index (Phi) is 4.43. The number of pyridine rings is 1. The van der Waals surface area contributed by atoms with E-state index in [0.717, 1.165) is 12.6 Å². The number of nitrogens with zero attached hydrogens (tertiary/aromatic N) is 1. The molecule has 2 rings (SSSR count). The second-order valence-electron chi connectivity index (χ2n) is 3.72. The molecule has 2 heterocycles. The van der Waals surface area contributed by atoms with Crippen LogP contribution in [0.2, 0.25) is 0 Å². The number of hydrogen-bond donors (Lipinski definition) is 2. The van der Waals surface area contributed by atoms with Crippen molar-refractivity contribution in [1.82, 2.24) is 10.3 Å². The summed E-state index contributed by atoms with van der Waals surface area (Å²) in [5.41, 5.74) is 0. The second-order valence-corrected chi connectivity index (χ2v) is 3.72. The molecule has 7 heteroatoms. The number of nitrogens with one attached hydrogen (secondary N) is 2. The summed E-state index contributed by atoms with van der Waals surface area (Å²) < 4.78 is 23.1. The van der Waals surface area contributed by atoms with Crippen LogP contribution in [0.3, 0.4) is 0 Å². The molecular formula is C11H14FN3O3. The largest absolute Gasteiger partial charge is 0.351 e. The number of ether oxygens (including phenoxy) is 2. The topological polar surface area (TPSA) is 72.5 Å². The minimum atomic E-state index is -0.454. The number of carbonyl (C=O) groups is 1. The minimum Gasteiger partial charge on any atom is -0.351 e. The van der Waals surface area contributed by atoms with E-state index in [1.807, 2.05) is 0 Å². The van der Waals surface area contributed by atoms with Crippen LogP contribution in [0.25, 0.3) is 0 Å². The normalized spacial score (nSPS) is 16.3. The van der Waals surface area contributed by atoms with Gasteiger partial charge in [0.15, 0.2) is 6.29 Å². The molecule has 0 spiro atoms. The molecule has 0 bridgehead atoms. The zero-order chi connectivity index (χ0) is 12.8. The first kappa shape index (κ1) is 12.7. The van der Waals surface area contributed by atoms with E-state index in [0.29, 0.717) is 13.2 Å². The molecule has 0 radical (unpaired) electrons. The summed E-state index contributed by atoms with van der Waals surface area (Å²) >= 11 is 0. The average molecular weight is 255 g/mol. The van der Waals surface area contributed by atoms with E-state index >= 15 is 0 Å². The number of rotatable bonds is 3. The summed E-state index contributed by atoms with van der Waals surface area (Å²) in [5, 5.41) is 5.05. The quantitative estimate of drug-likeness (QED) is 0.848. The van der Waals surface area contributed by atoms with Crippen molar-refractivity contribution in [1.29, 1.82) is 0 Å². The molecule has 0 unspecified atom stereocenters. The van der Waals surface area contributed by atoms with Gasteiger partial charge < -0.3 is 14.8 Å². The van der Waals surface area contributed by atoms with Crippen LogP contribution in [0.1, 0.15) is 6.42 Å². The minimum absolute atomic E-state index is 0.257. The van der Waals surface area contributed by atoms with E-state index in [-0.39, 0.29) is 12.4 Å². The van der Waals surface area contributed by atoms with Gasteiger partial charge in [-0.05, 0) is 18.6 Å². The molecule has 2 N–H and O–H groups in total. The summed E-state index contributed by atoms with van der Waals surface area (Å²) in [4.78, 5) is 15.2. The molecule has 1 fully saturated rings. The molecule has 18 heavy (non-hydrogen) atoms. The number of hydrogen-bond acceptors (Lipinski definition) is 4. The molecule has 1 saturated heterocycles. The van der Waals surface area contributed by atoms with Crippen LogP contribution >= 0.6 is 0 Å². The zero-order valence-electron chi connectivity index (χ0n) is 9.69. The first-order chi connectivity index (χ1) is 8.74. The predicted molar refractivity (Wildman–Crippen MR) is 61.5 cm³/mol. The van der Waals surface area contributed by atoms with Crippen molar-refractivity contribution < 1.29 is 18.7 Å². The van der Waals surface area contributed by atoms with Gasteiger partial charge in [-0.15, -0.1) is 0 Å². The maximum Gasteiger partial charge on any atom is 0.320 e. The number of urea groups is 1. The van der Waals surface area contributed by atoms with E-state index in [9.17, 15) is 9.18 Å². The molecule has 1 aliphatic rings. The van der Waals surface area contributed by atoms with E-state index in [2.05, 4.69) is 15.6 Å². The Morgan fingerprint density at radius 3 is 2.89 bits per heavy atom. The molecule has 0 atom stereocenters. The highest BCUT2D eigenvalue weighted by Gasteiger charge is 2.15. The monoisotopic (exact) mass is 255 g/mol. The van der Waals surface area contributed by atoms with Gasteiger partial charge in [0.25, 0.3) is 0 Å². The Morgan fingerprint density at radius 2 is 2.22 bits per heavy atom. The van der Waals surface area contributed by atoms with Crippen molar-refractivity contribution in [3.63, 3.8) is 0 Å². The summed E-state index contributed by atoms with van der Waals surface area (Å²) in [5.74, 6) is -0.177. The van der Waals surface area contributed by atoms with Crippen LogP contribution < -0.4 is 10.6 Å². The third-order valence-electron chi connectivity index (χ3n) is 2.29. The summed E-state index contributed by atoms with van der Waals surface area (Å²) in [6.45, 7) is 1.52. The van der Waals surface area contributed by atoms with Crippen molar-refractivity contribution >= 4 is 11.8 Å². The fourth-order valence-electron chi connectivity index (χ4n) is 1.44. The van der Waals surface area contributed by atoms with Crippen molar-refractivity contribution in [3.8, 4) is 0 Å². The molecule has 0 aliphatic carbocycles. The number of halogens is 1. The standard InChI is InChI=1S/C11H14FN3O3/c12-8-2-3-9(13-6-8)15-11(16)14-7-10-17-4-1-5-18-10/h2-3,6,10H,1,4-5,7H2,(H2,13,14,15,16). The lowest BCUT2D eigenvalue weighted by molar-refractivity contribution is -0.173. The number of carbonyl (C=O) groups excluding carboxylic acids is 1. The Morgan fingerprint density at radius 1 is 1.44 bits per heavy atom. The fraction of sp³-hybridized carbons (Fsp3) is 0.455. The van der Waals surface area contributed by atoms with E-state index in [1.165, 1.54) is 12.1 Å². The molecule has 0 aromatic carbocycles. The van der Waals surface area contributed by atoms with Crippen molar-refractivity contribution in [2.45, 2.75) is 12.7 Å². The molecule has 0 saturated carbocycles. The summed E-state index contributed by atoms with van der Waals surface area (Å²) in [6, 6.07) is 2.16. The Bertz CT molecular complexity index is 393. The van der Waals surface area contributed by atoms with Crippen LogP contribution in [0.5, 0.6) is 0 Å². The SMILES string of the molecule is O=C(NCC1OCCCO1)Nc1ccc(F)cn1. The maximum atomic E-state index is 12.6. The Hall–Kier alpha value is -1.73. The number of aromatic nitrogens is 1. The highest BCUT2D eigenvalue weighted by atomic mass is 19.1. The molecule has 2 amide bonds. The van der Waals surface area contributed by atoms with Gasteiger partial charge in [0.1, 0.15) is 11.6 Å². The van der Waals surface area contributed by atoms with E-state index in [1.54, 1.807) is 0 Å². The van der Waals surface area contributed by atoms with Crippen molar-refractivity contribution in [3.05, 3.63) is 24.1 Å². The Labute approximate surface area is 103 Å². The van der Waals surface area contributed by atoms with Crippen LogP contribution in [0.15, 0.2) is 18.3 Å². The lowest BCUT2D eigenvalue weighted by Crippen LogP contribution is -2.39. The van der Waals surface area contributed by atoms with E-state index in [4.69, 9.17) is 9.47 Å². The maximum absolute atomic E-state index is 12.6. The van der Waals surface area contributed by atoms with Crippen LogP contribution in [0.4, 0.5) is 15.0 Å². The third kappa shape index (κ3) is 3.94. The smallest absolute Gasteiger partial charge is 0.320 e. The van der Waals surface area contributed by atoms with Crippen LogP contribution in [-0.2, 0) is 9.47 Å². The first-order valence-electron chi connectivity index (χ1n) is 5.63. The summed E-state index contributed by atoms with van der Waals surface area (Å²) in [7, 11) is 0. The Balaban J connectivity index is 1.73. The average Bonchev–Trinajstić information content (AvgIpc) is 2.40. The van der Waals surface area contributed by atoms with E-state index < -0.39 is 18.1 Å². The highest BCUT2D eigenvalue weighted by molar-refractivity contribution is 5.88. The first-order valence-corrected chi connectivity index (χ1v) is 5.63. The molecule has 1 aliphatic heterocycles. The van der Waals surface area contributed by atoms with Gasteiger partial charge >= 0.3 is 6.03 Å². The molecule has 1 aromatic rings.